The highest BCUT2D eigenvalue weighted by Crippen LogP contribution is 2.60. The lowest BCUT2D eigenvalue weighted by molar-refractivity contribution is -0.465. The van der Waals surface area contributed by atoms with E-state index in [9.17, 15) is 20.4 Å². The molecule has 61 heavy (non-hydrogen) atoms. The number of halogens is 2. The molecule has 0 aromatic rings. The quantitative estimate of drug-likeness (QED) is 0.0551. The lowest BCUT2D eigenvalue weighted by atomic mass is 9.61. The Balaban J connectivity index is 0.000000332. The zero-order valence-corrected chi connectivity index (χ0v) is 40.4. The van der Waals surface area contributed by atoms with E-state index in [1.54, 1.807) is 11.6 Å². The first kappa shape index (κ1) is 55.8. The van der Waals surface area contributed by atoms with Crippen LogP contribution in [0.4, 0.5) is 0 Å². The van der Waals surface area contributed by atoms with Gasteiger partial charge in [0.25, 0.3) is 0 Å². The average Bonchev–Trinajstić information content (AvgIpc) is 3.77. The molecule has 6 aliphatic rings. The second-order valence-electron chi connectivity index (χ2n) is 19.9. The first-order valence-corrected chi connectivity index (χ1v) is 24.4. The maximum Gasteiger partial charge on any atom is 0.0967 e. The summed E-state index contributed by atoms with van der Waals surface area (Å²) >= 11 is 9.53. The minimum atomic E-state index is -0.238. The average molecular weight is 898 g/mol. The Labute approximate surface area is 380 Å². The summed E-state index contributed by atoms with van der Waals surface area (Å²) in [5.41, 5.74) is 6.98. The highest BCUT2D eigenvalue weighted by atomic mass is 35.5. The highest BCUT2D eigenvalue weighted by Gasteiger charge is 2.52. The van der Waals surface area contributed by atoms with Gasteiger partial charge in [-0.05, 0) is 166 Å². The SMILES string of the molecule is C=C1CCC(O)C/C1=C/C=C1\CCC[C@@]2(C)C1CCC2C(C)/C=C/C(C)C(C)C.C=C1CCC(O)C/C1=C/CO.CC(CO)C1CCC2[C@@H](O)CCC[C@]12C.ClCCl.OOO. The van der Waals surface area contributed by atoms with Crippen LogP contribution in [-0.4, -0.2) is 72.9 Å². The normalized spacial score (nSPS) is 35.8. The molecule has 352 valence electrons. The molecule has 6 rings (SSSR count). The fourth-order valence-corrected chi connectivity index (χ4v) is 11.8. The Morgan fingerprint density at radius 3 is 1.85 bits per heavy atom. The molecule has 0 aromatic carbocycles. The van der Waals surface area contributed by atoms with E-state index in [4.69, 9.17) is 38.8 Å². The van der Waals surface area contributed by atoms with Gasteiger partial charge >= 0.3 is 0 Å². The first-order valence-electron chi connectivity index (χ1n) is 23.3. The van der Waals surface area contributed by atoms with Crippen LogP contribution in [0.1, 0.15) is 151 Å². The predicted octanol–water partition coefficient (Wildman–Crippen LogP) is 12.2. The molecule has 8 nitrogen and oxygen atoms in total. The van der Waals surface area contributed by atoms with Crippen molar-refractivity contribution in [3.63, 3.8) is 0 Å². The van der Waals surface area contributed by atoms with Gasteiger partial charge in [0.05, 0.1) is 30.3 Å². The Morgan fingerprint density at radius 2 is 1.28 bits per heavy atom. The molecule has 12 atom stereocenters. The maximum absolute atomic E-state index is 10.1. The molecule has 0 radical (unpaired) electrons. The van der Waals surface area contributed by atoms with Gasteiger partial charge in [0, 0.05) is 6.61 Å². The minimum Gasteiger partial charge on any atom is -0.396 e. The number of aliphatic hydroxyl groups excluding tert-OH is 5. The summed E-state index contributed by atoms with van der Waals surface area (Å²) in [6.45, 7) is 24.9. The van der Waals surface area contributed by atoms with Crippen LogP contribution >= 0.6 is 23.2 Å². The fourth-order valence-electron chi connectivity index (χ4n) is 11.8. The monoisotopic (exact) mass is 897 g/mol. The molecule has 0 heterocycles. The fraction of sp³-hybridized carbons (Fsp3) is 0.765. The molecule has 6 fully saturated rings. The third kappa shape index (κ3) is 16.3. The molecular weight excluding hydrogens is 811 g/mol. The molecule has 6 aliphatic carbocycles. The van der Waals surface area contributed by atoms with E-state index in [1.165, 1.54) is 56.1 Å². The highest BCUT2D eigenvalue weighted by molar-refractivity contribution is 6.40. The van der Waals surface area contributed by atoms with E-state index >= 15 is 0 Å². The summed E-state index contributed by atoms with van der Waals surface area (Å²) in [4.78, 5) is 0. The Hall–Kier alpha value is -1.30. The molecule has 0 aliphatic heterocycles. The van der Waals surface area contributed by atoms with Gasteiger partial charge in [0.15, 0.2) is 0 Å². The summed E-state index contributed by atoms with van der Waals surface area (Å²) in [5, 5.41) is 63.0. The first-order chi connectivity index (χ1) is 28.9. The van der Waals surface area contributed by atoms with Crippen LogP contribution in [0.3, 0.4) is 0 Å². The van der Waals surface area contributed by atoms with Crippen LogP contribution in [0.2, 0.25) is 0 Å². The molecule has 0 aromatic heterocycles. The van der Waals surface area contributed by atoms with Gasteiger partial charge in [-0.15, -0.1) is 23.2 Å². The lowest BCUT2D eigenvalue weighted by Crippen LogP contribution is -2.41. The van der Waals surface area contributed by atoms with Crippen molar-refractivity contribution in [3.8, 4) is 0 Å². The van der Waals surface area contributed by atoms with E-state index in [0.29, 0.717) is 53.4 Å². The largest absolute Gasteiger partial charge is 0.396 e. The molecule has 0 spiro atoms. The molecule has 0 bridgehead atoms. The van der Waals surface area contributed by atoms with Crippen molar-refractivity contribution in [3.05, 3.63) is 71.4 Å². The number of fused-ring (bicyclic) bond motifs is 2. The summed E-state index contributed by atoms with van der Waals surface area (Å²) in [6.07, 6.45) is 28.2. The molecular formula is C51H86Cl2O8. The van der Waals surface area contributed by atoms with E-state index < -0.39 is 0 Å². The maximum atomic E-state index is 10.1. The van der Waals surface area contributed by atoms with E-state index in [0.717, 1.165) is 80.3 Å². The Kier molecular flexibility index (Phi) is 25.5. The van der Waals surface area contributed by atoms with Crippen molar-refractivity contribution in [1.82, 2.24) is 0 Å². The van der Waals surface area contributed by atoms with E-state index in [1.807, 2.05) is 0 Å². The van der Waals surface area contributed by atoms with Crippen molar-refractivity contribution in [1.29, 1.82) is 0 Å². The van der Waals surface area contributed by atoms with Gasteiger partial charge in [-0.25, -0.2) is 10.5 Å². The number of hydrogen-bond acceptors (Lipinski definition) is 8. The van der Waals surface area contributed by atoms with Crippen molar-refractivity contribution in [2.75, 3.05) is 18.6 Å². The van der Waals surface area contributed by atoms with Crippen molar-refractivity contribution in [2.45, 2.75) is 170 Å². The minimum absolute atomic E-state index is 0.0427. The summed E-state index contributed by atoms with van der Waals surface area (Å²) < 4.78 is 0. The van der Waals surface area contributed by atoms with Gasteiger partial charge in [0.2, 0.25) is 0 Å². The van der Waals surface area contributed by atoms with Crippen LogP contribution in [-0.2, 0) is 5.04 Å². The van der Waals surface area contributed by atoms with Gasteiger partial charge in [-0.1, -0.05) is 120 Å². The van der Waals surface area contributed by atoms with Gasteiger partial charge in [-0.2, -0.15) is 0 Å². The molecule has 10 heteroatoms. The molecule has 0 saturated heterocycles. The van der Waals surface area contributed by atoms with E-state index in [-0.39, 0.29) is 30.3 Å². The lowest BCUT2D eigenvalue weighted by Gasteiger charge is -2.45. The van der Waals surface area contributed by atoms with Gasteiger partial charge in [0.1, 0.15) is 0 Å². The second-order valence-corrected chi connectivity index (χ2v) is 20.7. The van der Waals surface area contributed by atoms with Crippen LogP contribution in [0.5, 0.6) is 0 Å². The Morgan fingerprint density at radius 1 is 0.721 bits per heavy atom. The zero-order chi connectivity index (χ0) is 45.9. The van der Waals surface area contributed by atoms with Crippen molar-refractivity contribution < 1.29 is 41.1 Å². The molecule has 0 amide bonds. The van der Waals surface area contributed by atoms with Gasteiger partial charge < -0.3 is 25.5 Å². The van der Waals surface area contributed by atoms with E-state index in [2.05, 4.69) is 91.0 Å². The van der Waals surface area contributed by atoms with Crippen LogP contribution < -0.4 is 0 Å². The predicted molar refractivity (Wildman–Crippen MR) is 253 cm³/mol. The standard InChI is InChI=1S/C28H44O.C13H24O2.C9H14O2.CH2Cl2.H2O3/c1-19(2)20(3)9-10-22(5)26-15-16-27-23(8-7-17-28(26,27)6)12-13-24-18-25(29)14-11-21(24)4;1-9(8-14)10-5-6-11-12(15)4-3-7-13(10,11)2;1-7-2-3-9(11)6-8(7)4-5-10;2-1-3;1-3-2/h9-10,12-13,19-20,22,25-27,29H,4,7-8,11,14-18H2,1-3,5-6H3;9-12,14-15H,3-8H2,1-2H3;4,9-11H,1-3,5-6H2;1H2;1-2H/b10-9+,23-12+,24-13-;;8-4-;;/t20?,22?,25?,26?,27?,28-;9?,10?,11?,12-,13+;;;/m10.../s1. The number of alkyl halides is 2. The van der Waals surface area contributed by atoms with Crippen molar-refractivity contribution in [2.24, 2.45) is 58.2 Å². The van der Waals surface area contributed by atoms with Gasteiger partial charge in [-0.3, -0.25) is 0 Å². The Bertz CT molecular complexity index is 1440. The number of aliphatic hydroxyl groups is 5. The van der Waals surface area contributed by atoms with Crippen LogP contribution in [0, 0.1) is 58.2 Å². The summed E-state index contributed by atoms with van der Waals surface area (Å²) in [5.74, 6) is 5.07. The smallest absolute Gasteiger partial charge is 0.0967 e. The number of allylic oxidation sites excluding steroid dienone is 7. The second kappa shape index (κ2) is 27.9. The molecule has 6 saturated carbocycles. The molecule has 9 unspecified atom stereocenters. The summed E-state index contributed by atoms with van der Waals surface area (Å²) in [7, 11) is 0. The molecule has 7 N–H and O–H groups in total. The van der Waals surface area contributed by atoms with Crippen LogP contribution in [0.25, 0.3) is 0 Å². The topological polar surface area (TPSA) is 151 Å². The summed E-state index contributed by atoms with van der Waals surface area (Å²) in [6, 6.07) is 0. The number of hydrogen-bond donors (Lipinski definition) is 7. The zero-order valence-electron chi connectivity index (χ0n) is 38.9. The third-order valence-corrected chi connectivity index (χ3v) is 15.8. The number of rotatable bonds is 8. The van der Waals surface area contributed by atoms with Crippen LogP contribution in [0.15, 0.2) is 71.4 Å². The third-order valence-electron chi connectivity index (χ3n) is 15.8. The van der Waals surface area contributed by atoms with Crippen molar-refractivity contribution >= 4 is 23.2 Å².